The van der Waals surface area contributed by atoms with Gasteiger partial charge in [0.15, 0.2) is 0 Å². The minimum absolute atomic E-state index is 0.0329. The van der Waals surface area contributed by atoms with Gasteiger partial charge in [-0.25, -0.2) is 4.79 Å². The normalized spacial score (nSPS) is 11.5. The van der Waals surface area contributed by atoms with E-state index in [0.29, 0.717) is 25.4 Å². The number of hydrogen-bond donors (Lipinski definition) is 2. The van der Waals surface area contributed by atoms with Gasteiger partial charge in [0, 0.05) is 18.6 Å². The van der Waals surface area contributed by atoms with E-state index in [4.69, 9.17) is 9.57 Å². The molecule has 0 unspecified atom stereocenters. The predicted molar refractivity (Wildman–Crippen MR) is 172 cm³/mol. The molecule has 2 N–H and O–H groups in total. The second kappa shape index (κ2) is 14.6. The van der Waals surface area contributed by atoms with Gasteiger partial charge in [-0.2, -0.15) is 0 Å². The largest absolute Gasteiger partial charge is 0.493 e. The molecule has 0 heterocycles. The van der Waals surface area contributed by atoms with Crippen molar-refractivity contribution in [3.63, 3.8) is 0 Å². The van der Waals surface area contributed by atoms with Crippen molar-refractivity contribution in [3.8, 4) is 16.9 Å². The molecule has 0 saturated heterocycles. The number of oxime groups is 1. The van der Waals surface area contributed by atoms with E-state index in [1.165, 1.54) is 23.8 Å². The quantitative estimate of drug-likeness (QED) is 0.0776. The summed E-state index contributed by atoms with van der Waals surface area (Å²) in [6.07, 6.45) is 5.28. The number of nitrogens with one attached hydrogen (secondary N) is 1. The van der Waals surface area contributed by atoms with Crippen molar-refractivity contribution >= 4 is 29.9 Å². The fourth-order valence-corrected chi connectivity index (χ4v) is 4.20. The molecule has 7 nitrogen and oxygen atoms in total. The summed E-state index contributed by atoms with van der Waals surface area (Å²) >= 11 is 0. The van der Waals surface area contributed by atoms with E-state index in [2.05, 4.69) is 43.4 Å². The predicted octanol–water partition coefficient (Wildman–Crippen LogP) is 7.82. The first-order valence-corrected chi connectivity index (χ1v) is 14.1. The van der Waals surface area contributed by atoms with Crippen molar-refractivity contribution in [1.82, 2.24) is 0 Å². The Morgan fingerprint density at radius 2 is 1.51 bits per heavy atom. The van der Waals surface area contributed by atoms with E-state index >= 15 is 0 Å². The highest BCUT2D eigenvalue weighted by molar-refractivity contribution is 6.06. The molecule has 0 bridgehead atoms. The molecule has 4 aromatic rings. The molecule has 43 heavy (non-hydrogen) atoms. The molecule has 0 aliphatic carbocycles. The van der Waals surface area contributed by atoms with E-state index in [0.717, 1.165) is 22.3 Å². The zero-order valence-corrected chi connectivity index (χ0v) is 24.6. The molecule has 0 saturated carbocycles. The summed E-state index contributed by atoms with van der Waals surface area (Å²) in [5.41, 5.74) is 5.45. The molecule has 0 radical (unpaired) electrons. The number of carboxylic acid groups (broad SMARTS) is 1. The number of carboxylic acids is 1. The van der Waals surface area contributed by atoms with Crippen LogP contribution >= 0.6 is 0 Å². The summed E-state index contributed by atoms with van der Waals surface area (Å²) in [4.78, 5) is 29.7. The van der Waals surface area contributed by atoms with Crippen LogP contribution in [-0.2, 0) is 15.0 Å². The second-order valence-electron chi connectivity index (χ2n) is 11.0. The van der Waals surface area contributed by atoms with E-state index in [9.17, 15) is 14.7 Å². The van der Waals surface area contributed by atoms with Gasteiger partial charge in [-0.15, -0.1) is 0 Å². The maximum absolute atomic E-state index is 12.6. The minimum atomic E-state index is -1.15. The Labute approximate surface area is 252 Å². The van der Waals surface area contributed by atoms with Crippen LogP contribution in [0.1, 0.15) is 54.2 Å². The molecular weight excluding hydrogens is 540 g/mol. The number of anilines is 1. The average molecular weight is 577 g/mol. The first-order valence-electron chi connectivity index (χ1n) is 14.1. The Balaban J connectivity index is 1.26. The molecular formula is C36H36N2O5. The summed E-state index contributed by atoms with van der Waals surface area (Å²) in [7, 11) is 0. The van der Waals surface area contributed by atoms with Gasteiger partial charge in [0.05, 0.1) is 24.1 Å². The molecule has 0 spiro atoms. The highest BCUT2D eigenvalue weighted by Gasteiger charge is 2.14. The van der Waals surface area contributed by atoms with E-state index in [-0.39, 0.29) is 16.7 Å². The van der Waals surface area contributed by atoms with Crippen LogP contribution in [0.25, 0.3) is 17.2 Å². The standard InChI is InChI=1S/C36H36N2O5/c1-36(2,3)30-17-12-27(13-18-30)25-37-43-23-7-22-42-31-19-20-32(35(40)41)33(24-31)38-34(39)21-14-26-10-15-29(16-11-26)28-8-5-4-6-9-28/h4-6,8-21,24-25H,7,22-23H2,1-3H3,(H,38,39)(H,40,41)/b21-14+,37-25-. The smallest absolute Gasteiger partial charge is 0.337 e. The SMILES string of the molecule is CC(C)(C)c1ccc(/C=N\OCCCOc2ccc(C(=O)O)c(NC(=O)/C=C/c3ccc(-c4ccccc4)cc3)c2)cc1. The van der Waals surface area contributed by atoms with Gasteiger partial charge in [-0.1, -0.05) is 105 Å². The van der Waals surface area contributed by atoms with Gasteiger partial charge >= 0.3 is 5.97 Å². The Morgan fingerprint density at radius 3 is 2.19 bits per heavy atom. The molecule has 1 amide bonds. The number of aromatic carboxylic acids is 1. The Hall–Kier alpha value is -5.17. The molecule has 4 aromatic carbocycles. The molecule has 7 heteroatoms. The molecule has 0 aliphatic rings. The maximum atomic E-state index is 12.6. The first kappa shape index (κ1) is 30.8. The number of ether oxygens (including phenoxy) is 1. The zero-order chi connectivity index (χ0) is 30.7. The van der Waals surface area contributed by atoms with Crippen LogP contribution in [0.3, 0.4) is 0 Å². The van der Waals surface area contributed by atoms with Gasteiger partial charge in [-0.05, 0) is 51.4 Å². The van der Waals surface area contributed by atoms with Crippen LogP contribution in [0, 0.1) is 0 Å². The summed E-state index contributed by atoms with van der Waals surface area (Å²) in [6.45, 7) is 7.19. The van der Waals surface area contributed by atoms with Crippen molar-refractivity contribution in [2.24, 2.45) is 5.16 Å². The van der Waals surface area contributed by atoms with Gasteiger partial charge in [0.1, 0.15) is 12.4 Å². The fraction of sp³-hybridized carbons (Fsp3) is 0.194. The number of carbonyl (C=O) groups excluding carboxylic acids is 1. The molecule has 0 fully saturated rings. The van der Waals surface area contributed by atoms with Gasteiger partial charge < -0.3 is 20.0 Å². The fourth-order valence-electron chi connectivity index (χ4n) is 4.20. The Bertz CT molecular complexity index is 1570. The van der Waals surface area contributed by atoms with Crippen molar-refractivity contribution in [1.29, 1.82) is 0 Å². The lowest BCUT2D eigenvalue weighted by Gasteiger charge is -2.18. The third kappa shape index (κ3) is 9.43. The monoisotopic (exact) mass is 576 g/mol. The number of rotatable bonds is 12. The molecule has 4 rings (SSSR count). The lowest BCUT2D eigenvalue weighted by atomic mass is 9.87. The van der Waals surface area contributed by atoms with Crippen molar-refractivity contribution < 1.29 is 24.3 Å². The van der Waals surface area contributed by atoms with E-state index < -0.39 is 11.9 Å². The average Bonchev–Trinajstić information content (AvgIpc) is 3.00. The Kier molecular flexibility index (Phi) is 10.5. The summed E-state index contributed by atoms with van der Waals surface area (Å²) in [5, 5.41) is 16.3. The third-order valence-electron chi connectivity index (χ3n) is 6.63. The maximum Gasteiger partial charge on any atom is 0.337 e. The number of amides is 1. The zero-order valence-electron chi connectivity index (χ0n) is 24.6. The van der Waals surface area contributed by atoms with Crippen LogP contribution in [0.5, 0.6) is 5.75 Å². The number of hydrogen-bond acceptors (Lipinski definition) is 5. The summed E-state index contributed by atoms with van der Waals surface area (Å²) in [5.74, 6) is -1.17. The summed E-state index contributed by atoms with van der Waals surface area (Å²) in [6, 6.07) is 30.5. The van der Waals surface area contributed by atoms with Gasteiger partial charge in [0.25, 0.3) is 0 Å². The lowest BCUT2D eigenvalue weighted by molar-refractivity contribution is -0.111. The second-order valence-corrected chi connectivity index (χ2v) is 11.0. The van der Waals surface area contributed by atoms with Crippen LogP contribution in [-0.4, -0.2) is 36.4 Å². The Morgan fingerprint density at radius 1 is 0.837 bits per heavy atom. The lowest BCUT2D eigenvalue weighted by Crippen LogP contribution is -2.12. The van der Waals surface area contributed by atoms with Crippen LogP contribution in [0.4, 0.5) is 5.69 Å². The topological polar surface area (TPSA) is 97.2 Å². The van der Waals surface area contributed by atoms with Crippen LogP contribution in [0.2, 0.25) is 0 Å². The van der Waals surface area contributed by atoms with E-state index in [1.807, 2.05) is 66.7 Å². The van der Waals surface area contributed by atoms with Crippen LogP contribution < -0.4 is 10.1 Å². The summed E-state index contributed by atoms with van der Waals surface area (Å²) < 4.78 is 5.76. The van der Waals surface area contributed by atoms with Gasteiger partial charge in [-0.3, -0.25) is 4.79 Å². The highest BCUT2D eigenvalue weighted by Crippen LogP contribution is 2.24. The van der Waals surface area contributed by atoms with Gasteiger partial charge in [0.2, 0.25) is 5.91 Å². The van der Waals surface area contributed by atoms with Crippen LogP contribution in [0.15, 0.2) is 108 Å². The number of carbonyl (C=O) groups is 2. The molecule has 0 aliphatic heterocycles. The third-order valence-corrected chi connectivity index (χ3v) is 6.63. The number of benzene rings is 4. The highest BCUT2D eigenvalue weighted by atomic mass is 16.6. The molecule has 0 aromatic heterocycles. The first-order chi connectivity index (χ1) is 20.7. The van der Waals surface area contributed by atoms with Crippen molar-refractivity contribution in [3.05, 3.63) is 125 Å². The van der Waals surface area contributed by atoms with Crippen molar-refractivity contribution in [2.45, 2.75) is 32.6 Å². The minimum Gasteiger partial charge on any atom is -0.493 e. The van der Waals surface area contributed by atoms with E-state index in [1.54, 1.807) is 18.4 Å². The number of nitrogens with zero attached hydrogens (tertiary/aromatic N) is 1. The van der Waals surface area contributed by atoms with Crippen molar-refractivity contribution in [2.75, 3.05) is 18.5 Å². The molecule has 0 atom stereocenters. The molecule has 220 valence electrons.